The molecule has 0 aromatic heterocycles. The number of ether oxygens (including phenoxy) is 1. The fourth-order valence-corrected chi connectivity index (χ4v) is 4.57. The average Bonchev–Trinajstić information content (AvgIpc) is 3.34. The summed E-state index contributed by atoms with van der Waals surface area (Å²) in [6, 6.07) is 7.47. The molecule has 1 aromatic rings. The quantitative estimate of drug-likeness (QED) is 0.116. The number of esters is 1. The lowest BCUT2D eigenvalue weighted by Crippen LogP contribution is -2.45. The lowest BCUT2D eigenvalue weighted by Gasteiger charge is -2.33. The highest BCUT2D eigenvalue weighted by atomic mass is 16.5. The molecular weight excluding hydrogens is 476 g/mol. The molecule has 1 saturated carbocycles. The fourth-order valence-electron chi connectivity index (χ4n) is 4.57. The van der Waals surface area contributed by atoms with Crippen LogP contribution in [0.4, 0.5) is 0 Å². The number of rotatable bonds is 9. The first-order valence-corrected chi connectivity index (χ1v) is 12.9. The molecule has 1 heterocycles. The van der Waals surface area contributed by atoms with Crippen LogP contribution < -0.4 is 10.9 Å². The van der Waals surface area contributed by atoms with Gasteiger partial charge in [-0.2, -0.15) is 5.10 Å². The van der Waals surface area contributed by atoms with Crippen molar-refractivity contribution >= 4 is 29.9 Å². The van der Waals surface area contributed by atoms with Gasteiger partial charge in [0, 0.05) is 32.2 Å². The number of hydrogen-bond acceptors (Lipinski definition) is 7. The second-order valence-corrected chi connectivity index (χ2v) is 9.37. The third-order valence-corrected chi connectivity index (χ3v) is 6.55. The average molecular weight is 513 g/mol. The molecule has 1 aliphatic heterocycles. The molecule has 10 nitrogen and oxygen atoms in total. The van der Waals surface area contributed by atoms with Crippen LogP contribution in [0, 0.1) is 0 Å². The molecule has 1 aliphatic carbocycles. The Balaban J connectivity index is 1.55. The van der Waals surface area contributed by atoms with E-state index >= 15 is 0 Å². The zero-order valence-electron chi connectivity index (χ0n) is 21.1. The molecule has 1 fully saturated rings. The van der Waals surface area contributed by atoms with E-state index in [1.54, 1.807) is 11.7 Å². The number of hydrogen-bond donors (Lipinski definition) is 3. The smallest absolute Gasteiger partial charge is 0.306 e. The van der Waals surface area contributed by atoms with Crippen molar-refractivity contribution in [3.63, 3.8) is 0 Å². The van der Waals surface area contributed by atoms with Crippen LogP contribution in [0.1, 0.15) is 81.8 Å². The van der Waals surface area contributed by atoms with Crippen molar-refractivity contribution in [2.75, 3.05) is 0 Å². The van der Waals surface area contributed by atoms with E-state index < -0.39 is 5.91 Å². The van der Waals surface area contributed by atoms with Crippen molar-refractivity contribution in [2.45, 2.75) is 89.3 Å². The van der Waals surface area contributed by atoms with Crippen LogP contribution >= 0.6 is 0 Å². The minimum atomic E-state index is -0.474. The molecular formula is C27H36N4O6. The van der Waals surface area contributed by atoms with Gasteiger partial charge in [-0.05, 0) is 56.1 Å². The molecule has 10 heteroatoms. The summed E-state index contributed by atoms with van der Waals surface area (Å²) < 4.78 is 5.75. The van der Waals surface area contributed by atoms with Crippen LogP contribution in [0.5, 0.6) is 0 Å². The lowest BCUT2D eigenvalue weighted by molar-refractivity contribution is -0.155. The van der Waals surface area contributed by atoms with Crippen LogP contribution in [0.3, 0.4) is 0 Å². The number of nitrogens with one attached hydrogen (secondary N) is 2. The molecule has 3 N–H and O–H groups in total. The molecule has 0 unspecified atom stereocenters. The molecule has 3 rings (SSSR count). The Bertz CT molecular complexity index is 991. The summed E-state index contributed by atoms with van der Waals surface area (Å²) in [5.41, 5.74) is 5.77. The number of benzene rings is 1. The van der Waals surface area contributed by atoms with Crippen LogP contribution in [0.15, 0.2) is 41.5 Å². The second-order valence-electron chi connectivity index (χ2n) is 9.37. The van der Waals surface area contributed by atoms with Gasteiger partial charge in [0.2, 0.25) is 17.7 Å². The minimum Gasteiger partial charge on any atom is -0.460 e. The molecule has 0 bridgehead atoms. The Morgan fingerprint density at radius 3 is 2.46 bits per heavy atom. The maximum Gasteiger partial charge on any atom is 0.306 e. The predicted octanol–water partition coefficient (Wildman–Crippen LogP) is 3.13. The van der Waals surface area contributed by atoms with Crippen LogP contribution in [-0.2, 0) is 30.5 Å². The van der Waals surface area contributed by atoms with Gasteiger partial charge in [-0.25, -0.2) is 10.9 Å². The molecule has 2 aliphatic rings. The molecule has 200 valence electrons. The standard InChI is InChI=1S/C27H36N4O6/c32-24(10-5-6-11-25(33)30-36)29-28-18-20-14-16-21(17-15-20)19-31-22-8-7-9-23(22)37-27(35)13-4-2-1-3-12-26(31)34/h1-2,14-18,22-23,36H,3-13,19H2,(H,29,32)(H,30,33)/b2-1+,28-18+/t22-,23-/m0/s1. The summed E-state index contributed by atoms with van der Waals surface area (Å²) in [7, 11) is 0. The Kier molecular flexibility index (Phi) is 11.3. The monoisotopic (exact) mass is 512 g/mol. The molecule has 3 amide bonds. The van der Waals surface area contributed by atoms with Gasteiger partial charge in [0.15, 0.2) is 0 Å². The second kappa shape index (κ2) is 14.9. The Labute approximate surface area is 217 Å². The van der Waals surface area contributed by atoms with E-state index in [4.69, 9.17) is 9.94 Å². The van der Waals surface area contributed by atoms with Crippen LogP contribution in [0.2, 0.25) is 0 Å². The number of nitrogens with zero attached hydrogens (tertiary/aromatic N) is 2. The van der Waals surface area contributed by atoms with Gasteiger partial charge in [-0.3, -0.25) is 24.4 Å². The number of allylic oxidation sites excluding steroid dienone is 2. The Hall–Kier alpha value is -3.53. The summed E-state index contributed by atoms with van der Waals surface area (Å²) in [6.45, 7) is 0.434. The van der Waals surface area contributed by atoms with E-state index in [9.17, 15) is 19.2 Å². The van der Waals surface area contributed by atoms with Crippen molar-refractivity contribution in [1.82, 2.24) is 15.8 Å². The lowest BCUT2D eigenvalue weighted by atomic mass is 10.1. The first kappa shape index (κ1) is 28.0. The highest BCUT2D eigenvalue weighted by molar-refractivity contribution is 5.82. The highest BCUT2D eigenvalue weighted by Gasteiger charge is 2.37. The van der Waals surface area contributed by atoms with Crippen molar-refractivity contribution < 1.29 is 29.1 Å². The maximum absolute atomic E-state index is 13.1. The van der Waals surface area contributed by atoms with Gasteiger partial charge in [-0.15, -0.1) is 0 Å². The predicted molar refractivity (Wildman–Crippen MR) is 136 cm³/mol. The van der Waals surface area contributed by atoms with Gasteiger partial charge < -0.3 is 9.64 Å². The van der Waals surface area contributed by atoms with Gasteiger partial charge >= 0.3 is 5.97 Å². The molecule has 0 saturated heterocycles. The zero-order chi connectivity index (χ0) is 26.5. The number of hydrazone groups is 1. The van der Waals surface area contributed by atoms with E-state index in [0.717, 1.165) is 30.4 Å². The molecule has 1 aromatic carbocycles. The summed E-state index contributed by atoms with van der Waals surface area (Å²) in [4.78, 5) is 50.0. The largest absolute Gasteiger partial charge is 0.460 e. The van der Waals surface area contributed by atoms with Crippen molar-refractivity contribution in [1.29, 1.82) is 0 Å². The normalized spacial score (nSPS) is 21.5. The third kappa shape index (κ3) is 9.45. The van der Waals surface area contributed by atoms with Crippen LogP contribution in [0.25, 0.3) is 0 Å². The third-order valence-electron chi connectivity index (χ3n) is 6.55. The van der Waals surface area contributed by atoms with E-state index in [1.165, 1.54) is 0 Å². The number of unbranched alkanes of at least 4 members (excludes halogenated alkanes) is 1. The van der Waals surface area contributed by atoms with E-state index in [0.29, 0.717) is 45.1 Å². The number of carbonyl (C=O) groups excluding carboxylic acids is 4. The van der Waals surface area contributed by atoms with Crippen LogP contribution in [-0.4, -0.2) is 52.2 Å². The Morgan fingerprint density at radius 1 is 1.03 bits per heavy atom. The van der Waals surface area contributed by atoms with Gasteiger partial charge in [-0.1, -0.05) is 36.4 Å². The van der Waals surface area contributed by atoms with Crippen molar-refractivity contribution in [3.05, 3.63) is 47.5 Å². The molecule has 0 spiro atoms. The van der Waals surface area contributed by atoms with Gasteiger partial charge in [0.1, 0.15) is 6.10 Å². The summed E-state index contributed by atoms with van der Waals surface area (Å²) >= 11 is 0. The zero-order valence-corrected chi connectivity index (χ0v) is 21.1. The summed E-state index contributed by atoms with van der Waals surface area (Å²) in [5, 5.41) is 12.4. The van der Waals surface area contributed by atoms with Gasteiger partial charge in [0.25, 0.3) is 0 Å². The van der Waals surface area contributed by atoms with Gasteiger partial charge in [0.05, 0.1) is 12.3 Å². The molecule has 0 radical (unpaired) electrons. The van der Waals surface area contributed by atoms with E-state index in [2.05, 4.69) is 10.5 Å². The first-order chi connectivity index (χ1) is 18.0. The van der Waals surface area contributed by atoms with Crippen molar-refractivity contribution in [3.8, 4) is 0 Å². The maximum atomic E-state index is 13.1. The molecule has 2 atom stereocenters. The number of amides is 3. The number of hydroxylamine groups is 1. The fraction of sp³-hybridized carbons (Fsp3) is 0.519. The minimum absolute atomic E-state index is 0.0588. The van der Waals surface area contributed by atoms with Crippen molar-refractivity contribution in [2.24, 2.45) is 5.10 Å². The topological polar surface area (TPSA) is 137 Å². The van der Waals surface area contributed by atoms with E-state index in [-0.39, 0.29) is 42.8 Å². The number of carbonyl (C=O) groups is 4. The highest BCUT2D eigenvalue weighted by Crippen LogP contribution is 2.29. The Morgan fingerprint density at radius 2 is 1.73 bits per heavy atom. The first-order valence-electron chi connectivity index (χ1n) is 12.9. The summed E-state index contributed by atoms with van der Waals surface area (Å²) in [5.74, 6) is -0.881. The molecule has 37 heavy (non-hydrogen) atoms. The summed E-state index contributed by atoms with van der Waals surface area (Å²) in [6.07, 6.45) is 11.2. The van der Waals surface area contributed by atoms with E-state index in [1.807, 2.05) is 41.3 Å². The number of fused-ring (bicyclic) bond motifs is 1. The SMILES string of the molecule is O=C(CCCCC(=O)N/N=C/c1ccc(CN2C(=O)CC/C=C/CCC(=O)O[C@H]3CCC[C@@H]32)cc1)NO.